The molecule has 0 radical (unpaired) electrons. The number of benzene rings is 1. The summed E-state index contributed by atoms with van der Waals surface area (Å²) in [6.45, 7) is 14.2. The number of carbonyl (C=O) groups is 4. The number of fused-ring (bicyclic) bond motifs is 1. The Kier molecular flexibility index (Phi) is 13.7. The topological polar surface area (TPSA) is 117 Å². The number of unbranched alkanes of at least 4 members (excludes halogenated alkanes) is 2. The van der Waals surface area contributed by atoms with Crippen LogP contribution in [0.15, 0.2) is 55.6 Å². The second-order valence-electron chi connectivity index (χ2n) is 13.7. The summed E-state index contributed by atoms with van der Waals surface area (Å²) in [6.07, 6.45) is 6.67. The van der Waals surface area contributed by atoms with Crippen molar-refractivity contribution in [1.82, 2.24) is 14.7 Å². The molecule has 3 aliphatic rings. The van der Waals surface area contributed by atoms with Gasteiger partial charge in [-0.25, -0.2) is 0 Å². The molecule has 3 fully saturated rings. The second kappa shape index (κ2) is 17.3. The molecule has 270 valence electrons. The summed E-state index contributed by atoms with van der Waals surface area (Å²) in [6, 6.07) is 7.78. The Bertz CT molecular complexity index is 1340. The molecule has 3 aliphatic heterocycles. The van der Waals surface area contributed by atoms with Gasteiger partial charge in [0.2, 0.25) is 17.7 Å². The molecule has 11 heteroatoms. The van der Waals surface area contributed by atoms with Gasteiger partial charge in [-0.05, 0) is 57.9 Å². The minimum Gasteiger partial charge on any atom is -0.455 e. The van der Waals surface area contributed by atoms with Crippen molar-refractivity contribution < 1.29 is 33.8 Å². The number of allylic oxidation sites excluding steroid dienone is 1. The molecule has 1 aromatic carbocycles. The fourth-order valence-electron chi connectivity index (χ4n) is 7.97. The van der Waals surface area contributed by atoms with E-state index in [-0.39, 0.29) is 41.6 Å². The van der Waals surface area contributed by atoms with Crippen LogP contribution in [0.4, 0.5) is 0 Å². The molecular formula is C38H54BrN3O7. The van der Waals surface area contributed by atoms with E-state index in [1.165, 1.54) is 0 Å². The molecule has 49 heavy (non-hydrogen) atoms. The van der Waals surface area contributed by atoms with Crippen LogP contribution in [0.2, 0.25) is 0 Å². The van der Waals surface area contributed by atoms with Crippen molar-refractivity contribution in [3.63, 3.8) is 0 Å². The highest BCUT2D eigenvalue weighted by molar-refractivity contribution is 9.09. The number of halogens is 1. The molecule has 1 spiro atoms. The van der Waals surface area contributed by atoms with E-state index in [1.54, 1.807) is 33.9 Å². The van der Waals surface area contributed by atoms with Crippen LogP contribution in [0, 0.1) is 11.8 Å². The van der Waals surface area contributed by atoms with E-state index in [2.05, 4.69) is 36.0 Å². The number of aliphatic hydroxyl groups excluding tert-OH is 1. The molecular weight excluding hydrogens is 690 g/mol. The van der Waals surface area contributed by atoms with E-state index in [1.807, 2.05) is 44.2 Å². The number of rotatable bonds is 19. The summed E-state index contributed by atoms with van der Waals surface area (Å²) < 4.78 is 13.1. The third-order valence-electron chi connectivity index (χ3n) is 10.6. The summed E-state index contributed by atoms with van der Waals surface area (Å²) in [7, 11) is 1.70. The lowest BCUT2D eigenvalue weighted by atomic mass is 9.70. The summed E-state index contributed by atoms with van der Waals surface area (Å²) in [5, 5.41) is 9.38. The van der Waals surface area contributed by atoms with Gasteiger partial charge in [-0.1, -0.05) is 71.8 Å². The third-order valence-corrected chi connectivity index (χ3v) is 11.4. The minimum absolute atomic E-state index is 0.0462. The Labute approximate surface area is 300 Å². The second-order valence-corrected chi connectivity index (χ2v) is 14.9. The predicted octanol–water partition coefficient (Wildman–Crippen LogP) is 5.20. The fourth-order valence-corrected chi connectivity index (χ4v) is 8.91. The van der Waals surface area contributed by atoms with Gasteiger partial charge in [-0.3, -0.25) is 19.2 Å². The number of esters is 1. The largest absolute Gasteiger partial charge is 0.455 e. The Balaban J connectivity index is 1.71. The monoisotopic (exact) mass is 743 g/mol. The van der Waals surface area contributed by atoms with E-state index in [0.717, 1.165) is 18.4 Å². The normalized spacial score (nSPS) is 27.3. The average molecular weight is 745 g/mol. The Hall–Kier alpha value is -3.02. The summed E-state index contributed by atoms with van der Waals surface area (Å²) in [5.74, 6) is -3.03. The van der Waals surface area contributed by atoms with Gasteiger partial charge in [0.25, 0.3) is 0 Å². The lowest BCUT2D eigenvalue weighted by Crippen LogP contribution is -2.58. The number of likely N-dealkylation sites (tertiary alicyclic amines) is 1. The number of alkyl halides is 1. The molecule has 10 nitrogen and oxygen atoms in total. The van der Waals surface area contributed by atoms with Crippen molar-refractivity contribution in [3.8, 4) is 0 Å². The van der Waals surface area contributed by atoms with Gasteiger partial charge in [-0.15, -0.1) is 13.2 Å². The van der Waals surface area contributed by atoms with Crippen LogP contribution in [0.3, 0.4) is 0 Å². The molecule has 2 unspecified atom stereocenters. The van der Waals surface area contributed by atoms with Crippen molar-refractivity contribution in [3.05, 3.63) is 61.2 Å². The lowest BCUT2D eigenvalue weighted by Gasteiger charge is -2.39. The number of hydrogen-bond donors (Lipinski definition) is 1. The Morgan fingerprint density at radius 1 is 1.16 bits per heavy atom. The van der Waals surface area contributed by atoms with Gasteiger partial charge in [0.15, 0.2) is 0 Å². The van der Waals surface area contributed by atoms with Crippen LogP contribution in [0.5, 0.6) is 0 Å². The quantitative estimate of drug-likeness (QED) is 0.0897. The van der Waals surface area contributed by atoms with Crippen LogP contribution >= 0.6 is 15.9 Å². The number of likely N-dealkylation sites (N-methyl/N-ethyl adjacent to an activating group) is 1. The van der Waals surface area contributed by atoms with Crippen molar-refractivity contribution in [2.24, 2.45) is 11.8 Å². The molecule has 9 atom stereocenters. The molecule has 4 rings (SSSR count). The maximum absolute atomic E-state index is 14.7. The molecule has 0 aromatic heterocycles. The molecule has 0 aliphatic carbocycles. The van der Waals surface area contributed by atoms with E-state index >= 15 is 0 Å². The van der Waals surface area contributed by atoms with E-state index in [4.69, 9.17) is 9.47 Å². The van der Waals surface area contributed by atoms with E-state index in [9.17, 15) is 24.3 Å². The molecule has 1 N–H and O–H groups in total. The summed E-state index contributed by atoms with van der Waals surface area (Å²) in [5.41, 5.74) is -0.494. The standard InChI is InChI=1S/C38H54BrN3O7/c1-7-10-20-29(44)40(6)26(5)32(27-18-13-11-14-19-27)48-37(47)30-31-35(45)42(22-15-12-16-23-43)34(38(31)24-28(39)33(30)49-38)36(46)41(21-9-3)25(4)17-8-2/h7,9,11,13-14,18-19,25-26,28,30-34,43H,1,3,8,10,12,15-17,20-24H2,2,4-6H3/t25?,26-,28?,30-,31+,32+,33-,34-,38+/m0/s1. The van der Waals surface area contributed by atoms with Crippen LogP contribution in [0.25, 0.3) is 0 Å². The van der Waals surface area contributed by atoms with Gasteiger partial charge in [0.1, 0.15) is 17.7 Å². The molecule has 0 saturated carbocycles. The van der Waals surface area contributed by atoms with Crippen LogP contribution < -0.4 is 0 Å². The van der Waals surface area contributed by atoms with Gasteiger partial charge < -0.3 is 29.3 Å². The van der Waals surface area contributed by atoms with E-state index < -0.39 is 47.7 Å². The Morgan fingerprint density at radius 2 is 1.88 bits per heavy atom. The van der Waals surface area contributed by atoms with E-state index in [0.29, 0.717) is 45.2 Å². The number of hydrogen-bond acceptors (Lipinski definition) is 7. The Morgan fingerprint density at radius 3 is 2.51 bits per heavy atom. The fraction of sp³-hybridized carbons (Fsp3) is 0.632. The smallest absolute Gasteiger partial charge is 0.313 e. The number of carbonyl (C=O) groups excluding carboxylic acids is 4. The molecule has 3 heterocycles. The maximum atomic E-state index is 14.7. The van der Waals surface area contributed by atoms with Crippen LogP contribution in [0.1, 0.15) is 83.8 Å². The third kappa shape index (κ3) is 7.84. The summed E-state index contributed by atoms with van der Waals surface area (Å²) in [4.78, 5) is 61.4. The van der Waals surface area contributed by atoms with Crippen molar-refractivity contribution >= 4 is 39.6 Å². The number of amides is 3. The van der Waals surface area contributed by atoms with Gasteiger partial charge in [0, 0.05) is 44.0 Å². The zero-order valence-corrected chi connectivity index (χ0v) is 31.1. The number of nitrogens with zero attached hydrogens (tertiary/aromatic N) is 3. The van der Waals surface area contributed by atoms with Crippen molar-refractivity contribution in [2.45, 2.75) is 113 Å². The zero-order valence-electron chi connectivity index (χ0n) is 29.5. The van der Waals surface area contributed by atoms with Gasteiger partial charge in [0.05, 0.1) is 24.0 Å². The van der Waals surface area contributed by atoms with Gasteiger partial charge in [-0.2, -0.15) is 0 Å². The SMILES string of the molecule is C=CCCC(=O)N(C)[C@@H](C)[C@@H](OC(=O)[C@@H]1[C@H]2O[C@@]3(CC2Br)[C@H](C(=O)N(CC=C)C(C)CCC)N(CCCCCO)C(=O)[C@@H]13)c1ccccc1. The first-order valence-corrected chi connectivity index (χ1v) is 18.7. The maximum Gasteiger partial charge on any atom is 0.313 e. The molecule has 3 saturated heterocycles. The first-order chi connectivity index (χ1) is 23.5. The predicted molar refractivity (Wildman–Crippen MR) is 192 cm³/mol. The number of aliphatic hydroxyl groups is 1. The first kappa shape index (κ1) is 38.8. The van der Waals surface area contributed by atoms with Crippen LogP contribution in [-0.4, -0.2) is 105 Å². The van der Waals surface area contributed by atoms with Crippen molar-refractivity contribution in [1.29, 1.82) is 0 Å². The highest BCUT2D eigenvalue weighted by Gasteiger charge is 2.77. The highest BCUT2D eigenvalue weighted by Crippen LogP contribution is 2.60. The van der Waals surface area contributed by atoms with Gasteiger partial charge >= 0.3 is 5.97 Å². The molecule has 3 amide bonds. The minimum atomic E-state index is -1.22. The first-order valence-electron chi connectivity index (χ1n) is 17.8. The molecule has 2 bridgehead atoms. The highest BCUT2D eigenvalue weighted by atomic mass is 79.9. The average Bonchev–Trinajstić information content (AvgIpc) is 3.69. The van der Waals surface area contributed by atoms with Crippen molar-refractivity contribution in [2.75, 3.05) is 26.7 Å². The molecule has 1 aromatic rings. The number of ether oxygens (including phenoxy) is 2. The van der Waals surface area contributed by atoms with Crippen LogP contribution in [-0.2, 0) is 28.7 Å². The summed E-state index contributed by atoms with van der Waals surface area (Å²) >= 11 is 3.76. The lowest BCUT2D eigenvalue weighted by molar-refractivity contribution is -0.164. The zero-order chi connectivity index (χ0) is 35.9.